The largest absolute Gasteiger partial charge is 0.539 e. The average molecular weight is 1130 g/mol. The van der Waals surface area contributed by atoms with E-state index in [0.29, 0.717) is 40.9 Å². The minimum Gasteiger partial charge on any atom is -0.539 e. The van der Waals surface area contributed by atoms with Crippen molar-refractivity contribution in [1.29, 1.82) is 0 Å². The predicted octanol–water partition coefficient (Wildman–Crippen LogP) is 6.78. The van der Waals surface area contributed by atoms with Crippen molar-refractivity contribution < 1.29 is 76.0 Å². The van der Waals surface area contributed by atoms with E-state index in [1.165, 1.54) is 56.1 Å². The molecule has 0 radical (unpaired) electrons. The quantitative estimate of drug-likeness (QED) is 0.0232. The molecule has 2 fully saturated rings. The third kappa shape index (κ3) is 15.3. The number of β-lactam (4-membered cyclic amide) rings is 1. The Kier molecular flexibility index (Phi) is 17.7. The van der Waals surface area contributed by atoms with Crippen LogP contribution in [-0.2, 0) is 54.2 Å². The van der Waals surface area contributed by atoms with E-state index in [1.807, 2.05) is 6.92 Å². The second-order valence-electron chi connectivity index (χ2n) is 23.2. The highest BCUT2D eigenvalue weighted by molar-refractivity contribution is 8.00. The Hall–Kier alpha value is -6.19. The van der Waals surface area contributed by atoms with Gasteiger partial charge in [0.2, 0.25) is 5.60 Å². The molecule has 0 saturated carbocycles. The second-order valence-corrected chi connectivity index (χ2v) is 26.6. The molecule has 5 heterocycles. The van der Waals surface area contributed by atoms with Crippen molar-refractivity contribution in [3.8, 4) is 11.5 Å². The van der Waals surface area contributed by atoms with Crippen LogP contribution in [0.15, 0.2) is 38.7 Å². The molecule has 1 aromatic carbocycles. The number of aromatic nitrogens is 2. The first-order valence-electron chi connectivity index (χ1n) is 24.9. The van der Waals surface area contributed by atoms with E-state index in [-0.39, 0.29) is 50.8 Å². The number of thiazole rings is 1. The average Bonchev–Trinajstić information content (AvgIpc) is 4.02. The number of fused-ring (bicyclic) bond motifs is 2. The number of carbonyl (C=O) groups excluding carboxylic acids is 7. The number of hydrogen-bond acceptors (Lipinski definition) is 21. The molecule has 3 atom stereocenters. The number of quaternary nitrogens is 1. The number of anilines is 1. The number of ether oxygens (including phenoxy) is 6. The van der Waals surface area contributed by atoms with Gasteiger partial charge in [0.15, 0.2) is 22.3 Å². The van der Waals surface area contributed by atoms with E-state index in [2.05, 4.69) is 20.8 Å². The van der Waals surface area contributed by atoms with Crippen LogP contribution in [0.2, 0.25) is 0 Å². The molecule has 27 heteroatoms. The Balaban J connectivity index is 1.26. The van der Waals surface area contributed by atoms with Crippen LogP contribution in [0.1, 0.15) is 122 Å². The molecule has 3 aromatic rings. The number of oxime groups is 1. The minimum atomic E-state index is -1.70. The van der Waals surface area contributed by atoms with E-state index in [4.69, 9.17) is 37.9 Å². The van der Waals surface area contributed by atoms with E-state index < -0.39 is 87.3 Å². The Morgan fingerprint density at radius 1 is 0.818 bits per heavy atom. The first-order valence-corrected chi connectivity index (χ1v) is 27.5. The molecule has 0 unspecified atom stereocenters. The van der Waals surface area contributed by atoms with E-state index >= 15 is 0 Å². The molecule has 0 aliphatic carbocycles. The van der Waals surface area contributed by atoms with Gasteiger partial charge in [0.1, 0.15) is 51.8 Å². The smallest absolute Gasteiger partial charge is 0.514 e. The molecular formula is C50H69BN7O16S3+. The fourth-order valence-electron chi connectivity index (χ4n) is 8.22. The minimum absolute atomic E-state index is 0.0556. The summed E-state index contributed by atoms with van der Waals surface area (Å²) < 4.78 is 40.3. The van der Waals surface area contributed by atoms with Crippen LogP contribution >= 0.6 is 34.6 Å². The highest BCUT2D eigenvalue weighted by atomic mass is 32.2. The lowest BCUT2D eigenvalue weighted by molar-refractivity contribution is -0.912. The lowest BCUT2D eigenvalue weighted by Gasteiger charge is -2.52. The van der Waals surface area contributed by atoms with Gasteiger partial charge in [-0.1, -0.05) is 16.7 Å². The fraction of sp³-hybridized carbons (Fsp3) is 0.600. The Morgan fingerprint density at radius 3 is 1.95 bits per heavy atom. The topological polar surface area (TPSA) is 268 Å². The zero-order chi connectivity index (χ0) is 57.4. The number of thioether (sulfide) groups is 1. The summed E-state index contributed by atoms with van der Waals surface area (Å²) in [5.74, 6) is -3.41. The van der Waals surface area contributed by atoms with Crippen LogP contribution in [0.25, 0.3) is 10.1 Å². The maximum atomic E-state index is 14.3. The summed E-state index contributed by atoms with van der Waals surface area (Å²) in [7, 11) is 1.22. The van der Waals surface area contributed by atoms with Gasteiger partial charge in [0.25, 0.3) is 17.4 Å². The van der Waals surface area contributed by atoms with Gasteiger partial charge in [0.05, 0.1) is 36.3 Å². The molecule has 3 aliphatic rings. The summed E-state index contributed by atoms with van der Waals surface area (Å²) in [6.07, 6.45) is -1.20. The van der Waals surface area contributed by atoms with Crippen molar-refractivity contribution >= 4 is 106 Å². The monoisotopic (exact) mass is 1130 g/mol. The third-order valence-electron chi connectivity index (χ3n) is 11.6. The van der Waals surface area contributed by atoms with Crippen molar-refractivity contribution in [2.75, 3.05) is 31.5 Å². The van der Waals surface area contributed by atoms with E-state index in [9.17, 15) is 38.4 Å². The predicted molar refractivity (Wildman–Crippen MR) is 290 cm³/mol. The molecule has 420 valence electrons. The van der Waals surface area contributed by atoms with Crippen LogP contribution < -0.4 is 25.7 Å². The Bertz CT molecular complexity index is 2930. The number of rotatable bonds is 15. The molecule has 3 aliphatic heterocycles. The van der Waals surface area contributed by atoms with Crippen LogP contribution in [0.5, 0.6) is 11.5 Å². The number of amides is 3. The second kappa shape index (κ2) is 22.7. The molecule has 2 saturated heterocycles. The van der Waals surface area contributed by atoms with Crippen LogP contribution in [0, 0.1) is 0 Å². The van der Waals surface area contributed by atoms with Crippen molar-refractivity contribution in [3.63, 3.8) is 0 Å². The number of nitrogens with one attached hydrogen (secondary N) is 2. The van der Waals surface area contributed by atoms with Crippen LogP contribution in [0.4, 0.5) is 19.5 Å². The fourth-order valence-corrected chi connectivity index (χ4v) is 11.3. The maximum Gasteiger partial charge on any atom is 0.514 e. The number of benzene rings is 1. The SMILES string of the molecule is BOC(=O)C1=C(C[N+]2(CCn3sc4cc(OC(=O)OC(C)(C)C)c(OC(=O)OC(C)(C)C)cc4c3=O)CCCC2)[C@H](C)S[C@@H]2[C@H](NC(=O)/C(=N\OC(C)(C)C(=O)OC(C)(C)C)c3csc(NC(=O)OC(C)(C)C)n3)C(=O)N12. The van der Waals surface area contributed by atoms with Gasteiger partial charge in [-0.2, -0.15) is 0 Å². The van der Waals surface area contributed by atoms with Gasteiger partial charge < -0.3 is 47.7 Å². The molecular weight excluding hydrogens is 1060 g/mol. The molecule has 3 amide bonds. The molecule has 6 rings (SSSR count). The summed E-state index contributed by atoms with van der Waals surface area (Å²) in [5.41, 5.74) is -5.34. The van der Waals surface area contributed by atoms with E-state index in [1.54, 1.807) is 87.0 Å². The highest BCUT2D eigenvalue weighted by Gasteiger charge is 2.57. The molecule has 23 nitrogen and oxygen atoms in total. The number of nitrogens with zero attached hydrogens (tertiary/aromatic N) is 5. The van der Waals surface area contributed by atoms with Gasteiger partial charge in [-0.25, -0.2) is 29.0 Å². The van der Waals surface area contributed by atoms with Crippen molar-refractivity contribution in [3.05, 3.63) is 44.8 Å². The lowest BCUT2D eigenvalue weighted by atomic mass is 9.99. The van der Waals surface area contributed by atoms with Gasteiger partial charge in [-0.15, -0.1) is 23.1 Å². The van der Waals surface area contributed by atoms with Crippen molar-refractivity contribution in [1.82, 2.24) is 19.2 Å². The zero-order valence-electron chi connectivity index (χ0n) is 46.4. The summed E-state index contributed by atoms with van der Waals surface area (Å²) in [6.45, 7) is 27.2. The number of esters is 1. The lowest BCUT2D eigenvalue weighted by Crippen LogP contribution is -2.72. The molecule has 77 heavy (non-hydrogen) atoms. The van der Waals surface area contributed by atoms with Gasteiger partial charge in [-0.05, 0) is 110 Å². The molecule has 2 aromatic heterocycles. The van der Waals surface area contributed by atoms with Crippen molar-refractivity contribution in [2.45, 2.75) is 168 Å². The first-order chi connectivity index (χ1) is 35.5. The summed E-state index contributed by atoms with van der Waals surface area (Å²) in [6, 6.07) is 1.59. The molecule has 0 spiro atoms. The maximum absolute atomic E-state index is 14.3. The van der Waals surface area contributed by atoms with Crippen LogP contribution in [-0.4, -0.2) is 145 Å². The van der Waals surface area contributed by atoms with Gasteiger partial charge >= 0.3 is 38.4 Å². The Labute approximate surface area is 459 Å². The van der Waals surface area contributed by atoms with E-state index in [0.717, 1.165) is 35.7 Å². The van der Waals surface area contributed by atoms with Crippen molar-refractivity contribution in [2.24, 2.45) is 5.16 Å². The number of likely N-dealkylation sites (tertiary alicyclic amines) is 1. The first kappa shape index (κ1) is 60.0. The normalized spacial score (nSPS) is 18.9. The Morgan fingerprint density at radius 2 is 1.39 bits per heavy atom. The molecule has 0 bridgehead atoms. The van der Waals surface area contributed by atoms with Crippen LogP contribution in [0.3, 0.4) is 0 Å². The van der Waals surface area contributed by atoms with Gasteiger partial charge in [0, 0.05) is 35.1 Å². The third-order valence-corrected chi connectivity index (χ3v) is 14.9. The summed E-state index contributed by atoms with van der Waals surface area (Å²) in [5, 5.41) is 9.90. The number of hydrogen-bond donors (Lipinski definition) is 2. The summed E-state index contributed by atoms with van der Waals surface area (Å²) in [4.78, 5) is 119. The highest BCUT2D eigenvalue weighted by Crippen LogP contribution is 2.46. The summed E-state index contributed by atoms with van der Waals surface area (Å²) >= 11 is 3.46. The molecule has 2 N–H and O–H groups in total. The zero-order valence-corrected chi connectivity index (χ0v) is 48.9. The standard InChI is InChI=1S/C50H68BN7O16S3/c1-26-28(24-58(19-16-17-20-58)21-18-56-37(60)27-22-30(67-44(65)71-48(8,9)10)31(23-32(27)77-56)68-45(66)72-49(11,12)13)35(40(62)73-51)57-38(61)34(39(57)76-26)53-36(59)33(55-74-50(14,15)41(63)69-46(2,3)4)29-25-75-42(52-29)54-43(64)70-47(5,6)7/h22-23,25-26,34,39H,16-21,24,51H2,1-15H3,(H-,52,53,54,59,64)/p+1/b55-33-/t26-,34+,39+/m0/s1. The van der Waals surface area contributed by atoms with Gasteiger partial charge in [-0.3, -0.25) is 28.6 Å². The number of carbonyl (C=O) groups is 7.